The van der Waals surface area contributed by atoms with Gasteiger partial charge in [0.15, 0.2) is 12.2 Å². The molecule has 522 valence electrons. The molecule has 0 saturated heterocycles. The lowest BCUT2D eigenvalue weighted by molar-refractivity contribution is -0.161. The minimum Gasteiger partial charge on any atom is -0.462 e. The quantitative estimate of drug-likeness (QED) is 0.0222. The molecule has 0 aromatic carbocycles. The van der Waals surface area contributed by atoms with Gasteiger partial charge in [-0.3, -0.25) is 37.3 Å². The van der Waals surface area contributed by atoms with Gasteiger partial charge in [-0.2, -0.15) is 0 Å². The Hall–Kier alpha value is -1.94. The molecule has 0 aliphatic heterocycles. The molecule has 5 atom stereocenters. The molecule has 19 heteroatoms. The van der Waals surface area contributed by atoms with Crippen molar-refractivity contribution in [2.24, 2.45) is 5.92 Å². The van der Waals surface area contributed by atoms with E-state index in [-0.39, 0.29) is 25.7 Å². The van der Waals surface area contributed by atoms with Gasteiger partial charge in [0.2, 0.25) is 0 Å². The van der Waals surface area contributed by atoms with Crippen LogP contribution in [0.5, 0.6) is 0 Å². The fourth-order valence-electron chi connectivity index (χ4n) is 10.5. The zero-order chi connectivity index (χ0) is 64.9. The van der Waals surface area contributed by atoms with Crippen LogP contribution in [0.3, 0.4) is 0 Å². The summed E-state index contributed by atoms with van der Waals surface area (Å²) in [5.41, 5.74) is 0. The van der Waals surface area contributed by atoms with Crippen LogP contribution in [-0.4, -0.2) is 96.7 Å². The second kappa shape index (κ2) is 62.5. The molecule has 0 fully saturated rings. The molecule has 0 amide bonds. The van der Waals surface area contributed by atoms with E-state index < -0.39 is 97.5 Å². The van der Waals surface area contributed by atoms with E-state index in [1.54, 1.807) is 0 Å². The smallest absolute Gasteiger partial charge is 0.462 e. The van der Waals surface area contributed by atoms with Crippen LogP contribution >= 0.6 is 15.6 Å². The number of aliphatic hydroxyl groups excluding tert-OH is 1. The van der Waals surface area contributed by atoms with Gasteiger partial charge in [0.05, 0.1) is 26.4 Å². The van der Waals surface area contributed by atoms with Crippen LogP contribution in [-0.2, 0) is 65.4 Å². The van der Waals surface area contributed by atoms with Crippen molar-refractivity contribution in [3.63, 3.8) is 0 Å². The van der Waals surface area contributed by atoms with Gasteiger partial charge in [0.1, 0.15) is 19.3 Å². The maximum Gasteiger partial charge on any atom is 0.472 e. The topological polar surface area (TPSA) is 237 Å². The number of phosphoric acid groups is 2. The van der Waals surface area contributed by atoms with E-state index in [1.165, 1.54) is 167 Å². The van der Waals surface area contributed by atoms with Crippen molar-refractivity contribution >= 4 is 39.5 Å². The Morgan fingerprint density at radius 3 is 0.773 bits per heavy atom. The van der Waals surface area contributed by atoms with E-state index in [1.807, 2.05) is 0 Å². The lowest BCUT2D eigenvalue weighted by atomic mass is 10.0. The highest BCUT2D eigenvalue weighted by Crippen LogP contribution is 2.45. The second-order valence-electron chi connectivity index (χ2n) is 25.4. The maximum absolute atomic E-state index is 13.0. The fraction of sp³-hybridized carbons (Fsp3) is 0.942. The summed E-state index contributed by atoms with van der Waals surface area (Å²) >= 11 is 0. The molecule has 0 heterocycles. The number of carbonyl (C=O) groups is 4. The summed E-state index contributed by atoms with van der Waals surface area (Å²) in [6, 6.07) is 0. The average Bonchev–Trinajstić information content (AvgIpc) is 3.55. The third-order valence-electron chi connectivity index (χ3n) is 16.0. The van der Waals surface area contributed by atoms with Crippen molar-refractivity contribution in [3.8, 4) is 0 Å². The zero-order valence-electron chi connectivity index (χ0n) is 56.9. The lowest BCUT2D eigenvalue weighted by Gasteiger charge is -2.21. The molecule has 0 saturated carbocycles. The fourth-order valence-corrected chi connectivity index (χ4v) is 12.0. The van der Waals surface area contributed by atoms with Gasteiger partial charge in [0, 0.05) is 25.7 Å². The molecule has 0 rings (SSSR count). The van der Waals surface area contributed by atoms with Crippen molar-refractivity contribution in [1.82, 2.24) is 0 Å². The predicted octanol–water partition coefficient (Wildman–Crippen LogP) is 19.7. The molecule has 0 aliphatic carbocycles. The van der Waals surface area contributed by atoms with Gasteiger partial charge in [-0.1, -0.05) is 304 Å². The minimum atomic E-state index is -4.95. The van der Waals surface area contributed by atoms with Gasteiger partial charge in [-0.25, -0.2) is 9.13 Å². The third-order valence-corrected chi connectivity index (χ3v) is 17.9. The summed E-state index contributed by atoms with van der Waals surface area (Å²) in [4.78, 5) is 72.4. The predicted molar refractivity (Wildman–Crippen MR) is 354 cm³/mol. The van der Waals surface area contributed by atoms with E-state index in [9.17, 15) is 43.2 Å². The summed E-state index contributed by atoms with van der Waals surface area (Å²) in [6.45, 7) is 7.18. The van der Waals surface area contributed by atoms with E-state index in [0.717, 1.165) is 109 Å². The van der Waals surface area contributed by atoms with Gasteiger partial charge >= 0.3 is 39.5 Å². The van der Waals surface area contributed by atoms with Crippen molar-refractivity contribution in [2.45, 2.75) is 374 Å². The molecule has 0 aromatic heterocycles. The van der Waals surface area contributed by atoms with E-state index in [4.69, 9.17) is 37.0 Å². The number of ether oxygens (including phenoxy) is 4. The molecule has 0 spiro atoms. The second-order valence-corrected chi connectivity index (χ2v) is 28.3. The lowest BCUT2D eigenvalue weighted by Crippen LogP contribution is -2.30. The van der Waals surface area contributed by atoms with Crippen LogP contribution in [0.2, 0.25) is 0 Å². The first-order valence-corrected chi connectivity index (χ1v) is 39.1. The Morgan fingerprint density at radius 1 is 0.307 bits per heavy atom. The van der Waals surface area contributed by atoms with E-state index in [0.29, 0.717) is 25.7 Å². The highest BCUT2D eigenvalue weighted by molar-refractivity contribution is 7.47. The van der Waals surface area contributed by atoms with Crippen molar-refractivity contribution < 1.29 is 80.2 Å². The molecule has 0 bridgehead atoms. The molecule has 88 heavy (non-hydrogen) atoms. The third kappa shape index (κ3) is 62.8. The van der Waals surface area contributed by atoms with E-state index >= 15 is 0 Å². The molecule has 17 nitrogen and oxygen atoms in total. The highest BCUT2D eigenvalue weighted by Gasteiger charge is 2.30. The molecule has 0 aliphatic rings. The molecule has 2 unspecified atom stereocenters. The van der Waals surface area contributed by atoms with Crippen molar-refractivity contribution in [3.05, 3.63) is 0 Å². The average molecular weight is 1300 g/mol. The Labute approximate surface area is 537 Å². The van der Waals surface area contributed by atoms with Gasteiger partial charge in [-0.15, -0.1) is 0 Å². The molecular formula is C69H134O17P2. The maximum atomic E-state index is 13.0. The molecule has 3 N–H and O–H groups in total. The Kier molecular flexibility index (Phi) is 61.1. The number of aliphatic hydroxyl groups is 1. The van der Waals surface area contributed by atoms with Crippen LogP contribution in [0.1, 0.15) is 356 Å². The Bertz CT molecular complexity index is 1700. The number of phosphoric ester groups is 2. The number of esters is 4. The normalized spacial score (nSPS) is 14.1. The Morgan fingerprint density at radius 2 is 0.523 bits per heavy atom. The highest BCUT2D eigenvalue weighted by atomic mass is 31.2. The number of hydrogen-bond acceptors (Lipinski definition) is 15. The van der Waals surface area contributed by atoms with Crippen LogP contribution in [0, 0.1) is 5.92 Å². The first kappa shape index (κ1) is 86.1. The minimum absolute atomic E-state index is 0.105. The Balaban J connectivity index is 5.21. The van der Waals surface area contributed by atoms with Crippen LogP contribution in [0.25, 0.3) is 0 Å². The molecular weight excluding hydrogens is 1160 g/mol. The summed E-state index contributed by atoms with van der Waals surface area (Å²) in [7, 11) is -9.89. The van der Waals surface area contributed by atoms with Crippen LogP contribution in [0.15, 0.2) is 0 Å². The summed E-state index contributed by atoms with van der Waals surface area (Å²) in [5, 5.41) is 10.6. The van der Waals surface area contributed by atoms with Gasteiger partial charge < -0.3 is 33.8 Å². The summed E-state index contributed by atoms with van der Waals surface area (Å²) in [5.74, 6) is -1.39. The standard InChI is InChI=1S/C69H134O17P2/c1-6-9-12-15-18-20-22-24-26-28-30-34-39-44-49-54-68(73)86-65(59-80-67(72)53-48-43-38-33-29-27-25-23-21-19-16-13-10-7-2)61-84-88(77,78)82-57-63(70)56-81-87(75,76)83-60-64(58-79-66(71)52-47-42-36-17-14-11-8-3)85-69(74)55-50-45-40-35-31-32-37-41-46-51-62(4)5/h62-65,70H,6-61H2,1-5H3,(H,75,76)(H,77,78)/t63-,64+,65+/m0/s1. The van der Waals surface area contributed by atoms with Crippen molar-refractivity contribution in [1.29, 1.82) is 0 Å². The van der Waals surface area contributed by atoms with Crippen molar-refractivity contribution in [2.75, 3.05) is 39.6 Å². The van der Waals surface area contributed by atoms with Gasteiger partial charge in [-0.05, 0) is 31.6 Å². The summed E-state index contributed by atoms with van der Waals surface area (Å²) < 4.78 is 68.2. The molecule has 0 aromatic rings. The number of carbonyl (C=O) groups excluding carboxylic acids is 4. The summed E-state index contributed by atoms with van der Waals surface area (Å²) in [6.07, 6.45) is 48.6. The zero-order valence-corrected chi connectivity index (χ0v) is 58.6. The first-order valence-electron chi connectivity index (χ1n) is 36.1. The van der Waals surface area contributed by atoms with Crippen LogP contribution < -0.4 is 0 Å². The monoisotopic (exact) mass is 1300 g/mol. The van der Waals surface area contributed by atoms with Crippen LogP contribution in [0.4, 0.5) is 0 Å². The first-order chi connectivity index (χ1) is 42.5. The number of unbranched alkanes of at least 4 members (excludes halogenated alkanes) is 41. The number of rotatable bonds is 69. The SMILES string of the molecule is CCCCCCCCCCCCCCCCCC(=O)O[C@H](COC(=O)CCCCCCCCCCCCCCCC)COP(=O)(O)OC[C@@H](O)COP(=O)(O)OC[C@@H](COC(=O)CCCCCCCCC)OC(=O)CCCCCCCCCCCC(C)C. The largest absolute Gasteiger partial charge is 0.472 e. The van der Waals surface area contributed by atoms with Gasteiger partial charge in [0.25, 0.3) is 0 Å². The van der Waals surface area contributed by atoms with E-state index in [2.05, 4.69) is 34.6 Å². The number of hydrogen-bond donors (Lipinski definition) is 3. The molecule has 0 radical (unpaired) electrons.